The van der Waals surface area contributed by atoms with E-state index in [2.05, 4.69) is 29.4 Å². The summed E-state index contributed by atoms with van der Waals surface area (Å²) in [5, 5.41) is 5.84. The molecule has 1 amide bonds. The number of hydrogen-bond donors (Lipinski definition) is 1. The first-order valence-electron chi connectivity index (χ1n) is 8.26. The van der Waals surface area contributed by atoms with Crippen LogP contribution in [0, 0.1) is 6.92 Å². The van der Waals surface area contributed by atoms with Crippen molar-refractivity contribution in [2.75, 3.05) is 5.75 Å². The van der Waals surface area contributed by atoms with Crippen molar-refractivity contribution in [2.24, 2.45) is 0 Å². The Morgan fingerprint density at radius 3 is 2.71 bits per heavy atom. The summed E-state index contributed by atoms with van der Waals surface area (Å²) in [6, 6.07) is 8.49. The van der Waals surface area contributed by atoms with Crippen molar-refractivity contribution in [1.29, 1.82) is 0 Å². The summed E-state index contributed by atoms with van der Waals surface area (Å²) >= 11 is 1.55. The maximum atomic E-state index is 12.2. The van der Waals surface area contributed by atoms with Gasteiger partial charge in [-0.3, -0.25) is 9.00 Å². The van der Waals surface area contributed by atoms with Crippen LogP contribution < -0.4 is 5.32 Å². The number of rotatable bonds is 6. The molecule has 1 fully saturated rings. The van der Waals surface area contributed by atoms with E-state index in [1.807, 2.05) is 17.5 Å². The van der Waals surface area contributed by atoms with Crippen LogP contribution >= 0.6 is 11.3 Å². The molecular weight excluding hydrogens is 340 g/mol. The van der Waals surface area contributed by atoms with Gasteiger partial charge in [0.15, 0.2) is 0 Å². The fraction of sp³-hybridized carbons (Fsp3) is 0.444. The Hall–Kier alpha value is -1.53. The Morgan fingerprint density at radius 2 is 2.00 bits per heavy atom. The smallest absolute Gasteiger partial charge is 0.232 e. The molecule has 1 atom stereocenters. The summed E-state index contributed by atoms with van der Waals surface area (Å²) in [4.78, 5) is 16.5. The highest BCUT2D eigenvalue weighted by Gasteiger charge is 2.18. The van der Waals surface area contributed by atoms with Gasteiger partial charge in [-0.05, 0) is 19.8 Å². The molecule has 0 radical (unpaired) electrons. The third kappa shape index (κ3) is 4.74. The zero-order chi connectivity index (χ0) is 16.9. The highest BCUT2D eigenvalue weighted by Crippen LogP contribution is 2.24. The SMILES string of the molecule is Cc1ccc(-c2nc(CS(=O)CC(=O)NC3CCCC3)cs2)cc1. The molecule has 1 aliphatic carbocycles. The van der Waals surface area contributed by atoms with Crippen molar-refractivity contribution >= 4 is 28.0 Å². The van der Waals surface area contributed by atoms with Crippen molar-refractivity contribution in [2.45, 2.75) is 44.4 Å². The predicted molar refractivity (Wildman–Crippen MR) is 99.4 cm³/mol. The van der Waals surface area contributed by atoms with Gasteiger partial charge in [0, 0.05) is 27.8 Å². The van der Waals surface area contributed by atoms with Crippen molar-refractivity contribution < 1.29 is 9.00 Å². The van der Waals surface area contributed by atoms with Crippen LogP contribution in [0.1, 0.15) is 36.9 Å². The molecular formula is C18H22N2O2S2. The van der Waals surface area contributed by atoms with Gasteiger partial charge in [-0.15, -0.1) is 11.3 Å². The lowest BCUT2D eigenvalue weighted by atomic mass is 10.2. The van der Waals surface area contributed by atoms with Gasteiger partial charge in [0.1, 0.15) is 10.8 Å². The first-order valence-corrected chi connectivity index (χ1v) is 10.6. The number of aryl methyl sites for hydroxylation is 1. The van der Waals surface area contributed by atoms with Gasteiger partial charge in [-0.1, -0.05) is 42.7 Å². The highest BCUT2D eigenvalue weighted by molar-refractivity contribution is 7.84. The molecule has 1 heterocycles. The summed E-state index contributed by atoms with van der Waals surface area (Å²) in [5.74, 6) is 0.295. The molecule has 1 N–H and O–H groups in total. The molecule has 128 valence electrons. The van der Waals surface area contributed by atoms with E-state index in [4.69, 9.17) is 0 Å². The number of aromatic nitrogens is 1. The van der Waals surface area contributed by atoms with Crippen LogP contribution in [0.15, 0.2) is 29.6 Å². The molecule has 1 aromatic heterocycles. The quantitative estimate of drug-likeness (QED) is 0.856. The number of carbonyl (C=O) groups is 1. The maximum absolute atomic E-state index is 12.2. The van der Waals surface area contributed by atoms with E-state index in [0.717, 1.165) is 29.1 Å². The lowest BCUT2D eigenvalue weighted by Gasteiger charge is -2.11. The summed E-state index contributed by atoms with van der Waals surface area (Å²) < 4.78 is 12.2. The third-order valence-corrected chi connectivity index (χ3v) is 6.31. The van der Waals surface area contributed by atoms with Crippen LogP contribution in [0.3, 0.4) is 0 Å². The van der Waals surface area contributed by atoms with E-state index in [1.165, 1.54) is 18.4 Å². The van der Waals surface area contributed by atoms with Crippen LogP contribution in [0.25, 0.3) is 10.6 Å². The van der Waals surface area contributed by atoms with Gasteiger partial charge >= 0.3 is 0 Å². The Bertz CT molecular complexity index is 719. The molecule has 24 heavy (non-hydrogen) atoms. The van der Waals surface area contributed by atoms with Gasteiger partial charge < -0.3 is 5.32 Å². The molecule has 1 aromatic carbocycles. The monoisotopic (exact) mass is 362 g/mol. The second-order valence-electron chi connectivity index (χ2n) is 6.29. The summed E-state index contributed by atoms with van der Waals surface area (Å²) in [7, 11) is -1.22. The molecule has 0 bridgehead atoms. The minimum Gasteiger partial charge on any atom is -0.353 e. The number of thiazole rings is 1. The van der Waals surface area contributed by atoms with Crippen LogP contribution in [-0.4, -0.2) is 26.9 Å². The number of nitrogens with zero attached hydrogens (tertiary/aromatic N) is 1. The third-order valence-electron chi connectivity index (χ3n) is 4.17. The highest BCUT2D eigenvalue weighted by atomic mass is 32.2. The van der Waals surface area contributed by atoms with Gasteiger partial charge in [0.25, 0.3) is 0 Å². The van der Waals surface area contributed by atoms with Crippen LogP contribution in [0.4, 0.5) is 0 Å². The fourth-order valence-electron chi connectivity index (χ4n) is 2.90. The van der Waals surface area contributed by atoms with Gasteiger partial charge in [-0.25, -0.2) is 4.98 Å². The zero-order valence-corrected chi connectivity index (χ0v) is 15.4. The van der Waals surface area contributed by atoms with E-state index in [-0.39, 0.29) is 17.7 Å². The summed E-state index contributed by atoms with van der Waals surface area (Å²) in [6.45, 7) is 2.05. The minimum absolute atomic E-state index is 0.0634. The lowest BCUT2D eigenvalue weighted by Crippen LogP contribution is -2.35. The van der Waals surface area contributed by atoms with Crippen LogP contribution in [0.2, 0.25) is 0 Å². The molecule has 4 nitrogen and oxygen atoms in total. The van der Waals surface area contributed by atoms with Crippen molar-refractivity contribution in [1.82, 2.24) is 10.3 Å². The van der Waals surface area contributed by atoms with Gasteiger partial charge in [0.05, 0.1) is 11.4 Å². The summed E-state index contributed by atoms with van der Waals surface area (Å²) in [5.41, 5.74) is 3.08. The lowest BCUT2D eigenvalue weighted by molar-refractivity contribution is -0.119. The predicted octanol–water partition coefficient (Wildman–Crippen LogP) is 3.43. The average molecular weight is 363 g/mol. The summed E-state index contributed by atoms with van der Waals surface area (Å²) in [6.07, 6.45) is 4.44. The second kappa shape index (κ2) is 8.03. The normalized spacial score (nSPS) is 16.2. The van der Waals surface area contributed by atoms with E-state index >= 15 is 0 Å². The van der Waals surface area contributed by atoms with E-state index < -0.39 is 10.8 Å². The average Bonchev–Trinajstić information content (AvgIpc) is 3.19. The molecule has 1 aliphatic rings. The molecule has 1 unspecified atom stereocenters. The molecule has 1 saturated carbocycles. The Kier molecular flexibility index (Phi) is 5.79. The van der Waals surface area contributed by atoms with Crippen molar-refractivity contribution in [3.05, 3.63) is 40.9 Å². The number of benzene rings is 1. The number of amides is 1. The Labute approximate surface area is 149 Å². The molecule has 0 saturated heterocycles. The molecule has 0 aliphatic heterocycles. The molecule has 2 aromatic rings. The van der Waals surface area contributed by atoms with E-state index in [1.54, 1.807) is 11.3 Å². The topological polar surface area (TPSA) is 59.1 Å². The standard InChI is InChI=1S/C18H22N2O2S2/c1-13-6-8-14(9-7-13)18-20-16(10-23-18)11-24(22)12-17(21)19-15-4-2-3-5-15/h6-10,15H,2-5,11-12H2,1H3,(H,19,21). The first kappa shape index (κ1) is 17.3. The number of carbonyl (C=O) groups excluding carboxylic acids is 1. The van der Waals surface area contributed by atoms with Crippen LogP contribution in [0.5, 0.6) is 0 Å². The van der Waals surface area contributed by atoms with E-state index in [9.17, 15) is 9.00 Å². The molecule has 0 spiro atoms. The largest absolute Gasteiger partial charge is 0.353 e. The second-order valence-corrected chi connectivity index (χ2v) is 8.60. The first-order chi connectivity index (χ1) is 11.6. The van der Waals surface area contributed by atoms with Crippen LogP contribution in [-0.2, 0) is 21.3 Å². The number of hydrogen-bond acceptors (Lipinski definition) is 4. The minimum atomic E-state index is -1.22. The van der Waals surface area contributed by atoms with E-state index in [0.29, 0.717) is 5.75 Å². The maximum Gasteiger partial charge on any atom is 0.232 e. The fourth-order valence-corrected chi connectivity index (χ4v) is 4.79. The Balaban J connectivity index is 1.53. The van der Waals surface area contributed by atoms with Gasteiger partial charge in [-0.2, -0.15) is 0 Å². The molecule has 3 rings (SSSR count). The Morgan fingerprint density at radius 1 is 1.29 bits per heavy atom. The molecule has 6 heteroatoms. The zero-order valence-electron chi connectivity index (χ0n) is 13.8. The van der Waals surface area contributed by atoms with Gasteiger partial charge in [0.2, 0.25) is 5.91 Å². The van der Waals surface area contributed by atoms with Crippen molar-refractivity contribution in [3.8, 4) is 10.6 Å². The number of nitrogens with one attached hydrogen (secondary N) is 1. The van der Waals surface area contributed by atoms with Crippen molar-refractivity contribution in [3.63, 3.8) is 0 Å².